The van der Waals surface area contributed by atoms with Crippen molar-refractivity contribution < 1.29 is 5.48 Å². The predicted octanol–water partition coefficient (Wildman–Crippen LogP) is -1.26. The molecular formula is OPb2Se. The standard InChI is InChI=1S/O.2Pb.Se/q-2;2*+2;-2. The third-order valence-electron chi connectivity index (χ3n) is 0. The Morgan fingerprint density at radius 1 is 0.750 bits per heavy atom. The van der Waals surface area contributed by atoms with E-state index >= 15 is 0 Å². The second-order valence-electron chi connectivity index (χ2n) is 0. The molecule has 0 fully saturated rings. The summed E-state index contributed by atoms with van der Waals surface area (Å²) < 4.78 is 0. The zero-order valence-corrected chi connectivity index (χ0v) is 11.3. The van der Waals surface area contributed by atoms with Crippen molar-refractivity contribution in [3.05, 3.63) is 0 Å². The van der Waals surface area contributed by atoms with Crippen molar-refractivity contribution in [2.45, 2.75) is 0 Å². The van der Waals surface area contributed by atoms with Gasteiger partial charge in [0.15, 0.2) is 0 Å². The molecule has 0 amide bonds. The van der Waals surface area contributed by atoms with E-state index in [1.54, 1.807) is 0 Å². The van der Waals surface area contributed by atoms with E-state index in [1.807, 2.05) is 0 Å². The maximum absolute atomic E-state index is 0. The normalized spacial score (nSPS) is 0. The molecule has 0 aliphatic rings. The molecule has 1 nitrogen and oxygen atoms in total. The molecule has 0 bridgehead atoms. The summed E-state index contributed by atoms with van der Waals surface area (Å²) in [6, 6.07) is 0. The topological polar surface area (TPSA) is 28.5 Å². The summed E-state index contributed by atoms with van der Waals surface area (Å²) in [4.78, 5) is 0. The van der Waals surface area contributed by atoms with Crippen molar-refractivity contribution in [3.63, 3.8) is 0 Å². The van der Waals surface area contributed by atoms with Crippen LogP contribution in [-0.4, -0.2) is 71.7 Å². The Hall–Kier alpha value is 2.32. The summed E-state index contributed by atoms with van der Waals surface area (Å²) >= 11 is 0. The Morgan fingerprint density at radius 3 is 0.750 bits per heavy atom. The molecule has 0 unspecified atom stereocenters. The molecule has 0 heterocycles. The van der Waals surface area contributed by atoms with E-state index < -0.39 is 0 Å². The van der Waals surface area contributed by atoms with Gasteiger partial charge in [0.25, 0.3) is 0 Å². The number of rotatable bonds is 0. The Kier molecular flexibility index (Phi) is 153. The molecular weight excluding hydrogens is 509 g/mol. The Balaban J connectivity index is 0. The van der Waals surface area contributed by atoms with Crippen molar-refractivity contribution in [1.29, 1.82) is 0 Å². The summed E-state index contributed by atoms with van der Waals surface area (Å²) in [7, 11) is 0. The smallest absolute Gasteiger partial charge is 2.00 e. The van der Waals surface area contributed by atoms with E-state index in [0.717, 1.165) is 0 Å². The molecule has 20 valence electrons. The maximum Gasteiger partial charge on any atom is 2.00 e. The molecule has 0 N–H and O–H groups in total. The summed E-state index contributed by atoms with van der Waals surface area (Å²) in [5.41, 5.74) is 0. The Morgan fingerprint density at radius 2 is 0.750 bits per heavy atom. The SMILES string of the molecule is [O-2].[Pb+2].[Pb+2].[Se-2]. The molecule has 0 aromatic rings. The van der Waals surface area contributed by atoms with Gasteiger partial charge in [-0.15, -0.1) is 0 Å². The van der Waals surface area contributed by atoms with E-state index in [2.05, 4.69) is 0 Å². The van der Waals surface area contributed by atoms with Gasteiger partial charge in [-0.1, -0.05) is 0 Å². The quantitative estimate of drug-likeness (QED) is 0.365. The molecule has 0 atom stereocenters. The first kappa shape index (κ1) is 33.2. The molecule has 0 aromatic heterocycles. The molecule has 0 aliphatic carbocycles. The second kappa shape index (κ2) is 18.4. The Bertz CT molecular complexity index is 6.00. The van der Waals surface area contributed by atoms with Crippen molar-refractivity contribution >= 4 is 71.7 Å². The maximum atomic E-state index is 0. The van der Waals surface area contributed by atoms with Crippen molar-refractivity contribution in [2.75, 3.05) is 0 Å². The van der Waals surface area contributed by atoms with Crippen LogP contribution in [0.1, 0.15) is 0 Å². The van der Waals surface area contributed by atoms with Gasteiger partial charge in [-0.25, -0.2) is 0 Å². The van der Waals surface area contributed by atoms with Gasteiger partial charge in [-0.2, -0.15) is 0 Å². The van der Waals surface area contributed by atoms with Crippen LogP contribution in [0.15, 0.2) is 0 Å². The predicted molar refractivity (Wildman–Crippen MR) is 17.9 cm³/mol. The van der Waals surface area contributed by atoms with Crippen LogP contribution in [0.4, 0.5) is 0 Å². The molecule has 0 rings (SSSR count). The fourth-order valence-corrected chi connectivity index (χ4v) is 0. The van der Waals surface area contributed by atoms with E-state index in [-0.39, 0.29) is 77.1 Å². The number of hydrogen-bond donors (Lipinski definition) is 0. The van der Waals surface area contributed by atoms with Gasteiger partial charge in [-0.05, 0) is 0 Å². The minimum Gasteiger partial charge on any atom is -2.00 e. The minimum absolute atomic E-state index is 0. The molecule has 0 aliphatic heterocycles. The van der Waals surface area contributed by atoms with Gasteiger partial charge in [0.1, 0.15) is 0 Å². The molecule has 4 heteroatoms. The van der Waals surface area contributed by atoms with Gasteiger partial charge in [-0.3, -0.25) is 0 Å². The van der Waals surface area contributed by atoms with Gasteiger partial charge in [0.05, 0.1) is 0 Å². The molecule has 0 saturated heterocycles. The fourth-order valence-electron chi connectivity index (χ4n) is 0. The van der Waals surface area contributed by atoms with Gasteiger partial charge in [0.2, 0.25) is 0 Å². The second-order valence-corrected chi connectivity index (χ2v) is 0. The van der Waals surface area contributed by atoms with Crippen LogP contribution in [0.25, 0.3) is 0 Å². The van der Waals surface area contributed by atoms with Crippen molar-refractivity contribution in [1.82, 2.24) is 0 Å². The van der Waals surface area contributed by atoms with Crippen LogP contribution < -0.4 is 0 Å². The summed E-state index contributed by atoms with van der Waals surface area (Å²) in [5, 5.41) is 0. The monoisotopic (exact) mass is 512 g/mol. The average Bonchev–Trinajstić information content (AvgIpc) is 0. The summed E-state index contributed by atoms with van der Waals surface area (Å²) in [6.07, 6.45) is 0. The van der Waals surface area contributed by atoms with Crippen LogP contribution >= 0.6 is 0 Å². The first-order chi connectivity index (χ1) is 0. The van der Waals surface area contributed by atoms with E-state index in [4.69, 9.17) is 0 Å². The van der Waals surface area contributed by atoms with E-state index in [1.165, 1.54) is 0 Å². The van der Waals surface area contributed by atoms with E-state index in [0.29, 0.717) is 0 Å². The van der Waals surface area contributed by atoms with Crippen molar-refractivity contribution in [2.24, 2.45) is 0 Å². The molecule has 0 aromatic carbocycles. The average molecular weight is 509 g/mol. The summed E-state index contributed by atoms with van der Waals surface area (Å²) in [5.74, 6) is 0. The third kappa shape index (κ3) is 8.85. The third-order valence-corrected chi connectivity index (χ3v) is 0. The van der Waals surface area contributed by atoms with Crippen LogP contribution in [-0.2, 0) is 5.48 Å². The van der Waals surface area contributed by atoms with Gasteiger partial charge in [0, 0.05) is 0 Å². The molecule has 4 radical (unpaired) electrons. The molecule has 0 saturated carbocycles. The summed E-state index contributed by atoms with van der Waals surface area (Å²) in [6.45, 7) is 0. The van der Waals surface area contributed by atoms with Crippen LogP contribution in [0.5, 0.6) is 0 Å². The first-order valence-electron chi connectivity index (χ1n) is 0. The van der Waals surface area contributed by atoms with Gasteiger partial charge >= 0.3 is 54.6 Å². The van der Waals surface area contributed by atoms with Crippen LogP contribution in [0.3, 0.4) is 0 Å². The van der Waals surface area contributed by atoms with Crippen molar-refractivity contribution in [3.8, 4) is 0 Å². The van der Waals surface area contributed by atoms with Crippen LogP contribution in [0.2, 0.25) is 0 Å². The fraction of sp³-hybridized carbons (Fsp3) is 0. The molecule has 4 heavy (non-hydrogen) atoms. The van der Waals surface area contributed by atoms with Gasteiger partial charge < -0.3 is 22.5 Å². The zero-order chi connectivity index (χ0) is 0. The molecule has 0 spiro atoms. The zero-order valence-electron chi connectivity index (χ0n) is 1.82. The Labute approximate surface area is 76.0 Å². The largest absolute Gasteiger partial charge is 2.00 e. The first-order valence-corrected chi connectivity index (χ1v) is 0. The number of hydrogen-bond acceptors (Lipinski definition) is 0. The van der Waals surface area contributed by atoms with E-state index in [9.17, 15) is 0 Å². The minimum atomic E-state index is 0. The van der Waals surface area contributed by atoms with Crippen LogP contribution in [0, 0.1) is 0 Å².